The summed E-state index contributed by atoms with van der Waals surface area (Å²) in [7, 11) is 1.73. The van der Waals surface area contributed by atoms with Crippen LogP contribution >= 0.6 is 0 Å². The van der Waals surface area contributed by atoms with Gasteiger partial charge in [0.05, 0.1) is 30.0 Å². The van der Waals surface area contributed by atoms with Crippen LogP contribution in [0.1, 0.15) is 6.92 Å². The molecule has 0 N–H and O–H groups in total. The van der Waals surface area contributed by atoms with Crippen molar-refractivity contribution in [2.75, 3.05) is 7.11 Å². The van der Waals surface area contributed by atoms with Crippen molar-refractivity contribution >= 4 is 11.0 Å². The lowest BCUT2D eigenvalue weighted by atomic mass is 10.3. The van der Waals surface area contributed by atoms with Crippen LogP contribution in [0, 0.1) is 0 Å². The fourth-order valence-electron chi connectivity index (χ4n) is 1.51. The summed E-state index contributed by atoms with van der Waals surface area (Å²) in [6, 6.07) is 8.12. The fraction of sp³-hybridized carbons (Fsp3) is 0.364. The molecule has 1 aromatic heterocycles. The fourth-order valence-corrected chi connectivity index (χ4v) is 1.51. The van der Waals surface area contributed by atoms with Crippen molar-refractivity contribution in [1.82, 2.24) is 9.55 Å². The van der Waals surface area contributed by atoms with E-state index in [9.17, 15) is 0 Å². The second-order valence-corrected chi connectivity index (χ2v) is 3.43. The van der Waals surface area contributed by atoms with Crippen LogP contribution in [0.4, 0.5) is 0 Å². The van der Waals surface area contributed by atoms with Crippen LogP contribution in [-0.2, 0) is 11.3 Å². The first-order chi connectivity index (χ1) is 6.81. The number of para-hydroxylation sites is 2. The van der Waals surface area contributed by atoms with Crippen LogP contribution in [0.25, 0.3) is 11.0 Å². The lowest BCUT2D eigenvalue weighted by Crippen LogP contribution is -2.13. The van der Waals surface area contributed by atoms with Gasteiger partial charge in [-0.3, -0.25) is 0 Å². The predicted molar refractivity (Wildman–Crippen MR) is 56.2 cm³/mol. The molecule has 0 radical (unpaired) electrons. The molecule has 0 saturated heterocycles. The topological polar surface area (TPSA) is 27.1 Å². The maximum Gasteiger partial charge on any atom is 0.0959 e. The molecule has 1 atom stereocenters. The molecule has 74 valence electrons. The summed E-state index contributed by atoms with van der Waals surface area (Å²) < 4.78 is 7.34. The Kier molecular flexibility index (Phi) is 2.50. The minimum Gasteiger partial charge on any atom is -0.380 e. The molecule has 3 nitrogen and oxygen atoms in total. The van der Waals surface area contributed by atoms with Gasteiger partial charge in [0, 0.05) is 7.11 Å². The van der Waals surface area contributed by atoms with Crippen molar-refractivity contribution < 1.29 is 4.74 Å². The van der Waals surface area contributed by atoms with Crippen LogP contribution in [0.2, 0.25) is 0 Å². The van der Waals surface area contributed by atoms with Crippen LogP contribution < -0.4 is 0 Å². The molecule has 2 rings (SSSR count). The first-order valence-corrected chi connectivity index (χ1v) is 4.74. The first kappa shape index (κ1) is 9.21. The second kappa shape index (κ2) is 3.80. The zero-order chi connectivity index (χ0) is 9.97. The van der Waals surface area contributed by atoms with E-state index >= 15 is 0 Å². The summed E-state index contributed by atoms with van der Waals surface area (Å²) in [5.41, 5.74) is 2.20. The second-order valence-electron chi connectivity index (χ2n) is 3.43. The van der Waals surface area contributed by atoms with E-state index in [1.54, 1.807) is 7.11 Å². The molecule has 0 spiro atoms. The van der Waals surface area contributed by atoms with Gasteiger partial charge in [-0.25, -0.2) is 4.98 Å². The molecule has 0 amide bonds. The predicted octanol–water partition coefficient (Wildman–Crippen LogP) is 2.07. The van der Waals surface area contributed by atoms with Crippen molar-refractivity contribution in [2.45, 2.75) is 19.6 Å². The Morgan fingerprint density at radius 3 is 3.00 bits per heavy atom. The van der Waals surface area contributed by atoms with E-state index < -0.39 is 0 Å². The standard InChI is InChI=1S/C11H14N2O/c1-9(14-2)7-13-8-12-10-5-3-4-6-11(10)13/h3-6,8-9H,7H2,1-2H3. The summed E-state index contributed by atoms with van der Waals surface area (Å²) >= 11 is 0. The molecule has 1 unspecified atom stereocenters. The van der Waals surface area contributed by atoms with E-state index in [0.29, 0.717) is 0 Å². The highest BCUT2D eigenvalue weighted by atomic mass is 16.5. The van der Waals surface area contributed by atoms with Gasteiger partial charge < -0.3 is 9.30 Å². The molecule has 3 heteroatoms. The minimum atomic E-state index is 0.215. The number of ether oxygens (including phenoxy) is 1. The van der Waals surface area contributed by atoms with Crippen LogP contribution in [0.5, 0.6) is 0 Å². The number of imidazole rings is 1. The smallest absolute Gasteiger partial charge is 0.0959 e. The van der Waals surface area contributed by atoms with E-state index in [0.717, 1.165) is 17.6 Å². The highest BCUT2D eigenvalue weighted by molar-refractivity contribution is 5.74. The van der Waals surface area contributed by atoms with Gasteiger partial charge in [0.1, 0.15) is 0 Å². The molecule has 1 aromatic carbocycles. The summed E-state index contributed by atoms with van der Waals surface area (Å²) in [6.07, 6.45) is 2.08. The molecule has 0 aliphatic heterocycles. The van der Waals surface area contributed by atoms with E-state index in [-0.39, 0.29) is 6.10 Å². The Balaban J connectivity index is 2.33. The van der Waals surface area contributed by atoms with Gasteiger partial charge in [-0.1, -0.05) is 12.1 Å². The van der Waals surface area contributed by atoms with Gasteiger partial charge in [-0.2, -0.15) is 0 Å². The number of fused-ring (bicyclic) bond motifs is 1. The quantitative estimate of drug-likeness (QED) is 0.740. The molecule has 0 bridgehead atoms. The van der Waals surface area contributed by atoms with E-state index in [4.69, 9.17) is 4.74 Å². The minimum absolute atomic E-state index is 0.215. The first-order valence-electron chi connectivity index (χ1n) is 4.74. The van der Waals surface area contributed by atoms with Gasteiger partial charge in [-0.15, -0.1) is 0 Å². The number of nitrogens with zero attached hydrogens (tertiary/aromatic N) is 2. The number of benzene rings is 1. The van der Waals surface area contributed by atoms with E-state index in [1.165, 1.54) is 0 Å². The third kappa shape index (κ3) is 1.63. The molecule has 2 aromatic rings. The normalized spacial score (nSPS) is 13.3. The third-order valence-electron chi connectivity index (χ3n) is 2.38. The Morgan fingerprint density at radius 2 is 2.21 bits per heavy atom. The molecular formula is C11H14N2O. The van der Waals surface area contributed by atoms with Gasteiger partial charge >= 0.3 is 0 Å². The largest absolute Gasteiger partial charge is 0.380 e. The molecule has 0 aliphatic rings. The van der Waals surface area contributed by atoms with Crippen LogP contribution in [0.15, 0.2) is 30.6 Å². The third-order valence-corrected chi connectivity index (χ3v) is 2.38. The molecule has 0 fully saturated rings. The Bertz CT molecular complexity index is 422. The van der Waals surface area contributed by atoms with Crippen LogP contribution in [0.3, 0.4) is 0 Å². The van der Waals surface area contributed by atoms with Gasteiger partial charge in [-0.05, 0) is 19.1 Å². The summed E-state index contributed by atoms with van der Waals surface area (Å²) in [6.45, 7) is 2.89. The van der Waals surface area contributed by atoms with Gasteiger partial charge in [0.25, 0.3) is 0 Å². The summed E-state index contributed by atoms with van der Waals surface area (Å²) in [4.78, 5) is 4.31. The zero-order valence-corrected chi connectivity index (χ0v) is 8.47. The Labute approximate surface area is 83.3 Å². The van der Waals surface area contributed by atoms with Gasteiger partial charge in [0.15, 0.2) is 0 Å². The number of hydrogen-bond donors (Lipinski definition) is 0. The summed E-state index contributed by atoms with van der Waals surface area (Å²) in [5, 5.41) is 0. The van der Waals surface area contributed by atoms with Crippen LogP contribution in [-0.4, -0.2) is 22.8 Å². The lowest BCUT2D eigenvalue weighted by molar-refractivity contribution is 0.104. The molecular weight excluding hydrogens is 176 g/mol. The van der Waals surface area contributed by atoms with Crippen molar-refractivity contribution in [2.24, 2.45) is 0 Å². The highest BCUT2D eigenvalue weighted by Gasteiger charge is 2.04. The molecule has 1 heterocycles. The van der Waals surface area contributed by atoms with Crippen molar-refractivity contribution in [3.05, 3.63) is 30.6 Å². The molecule has 14 heavy (non-hydrogen) atoms. The Hall–Kier alpha value is -1.35. The molecule has 0 aliphatic carbocycles. The Morgan fingerprint density at radius 1 is 1.43 bits per heavy atom. The number of methoxy groups -OCH3 is 1. The average Bonchev–Trinajstić information content (AvgIpc) is 2.62. The number of rotatable bonds is 3. The zero-order valence-electron chi connectivity index (χ0n) is 8.47. The SMILES string of the molecule is COC(C)Cn1cnc2ccccc21. The maximum atomic E-state index is 5.22. The van der Waals surface area contributed by atoms with Crippen molar-refractivity contribution in [1.29, 1.82) is 0 Å². The monoisotopic (exact) mass is 190 g/mol. The highest BCUT2D eigenvalue weighted by Crippen LogP contribution is 2.12. The molecule has 0 saturated carbocycles. The van der Waals surface area contributed by atoms with Crippen molar-refractivity contribution in [3.8, 4) is 0 Å². The van der Waals surface area contributed by atoms with E-state index in [1.807, 2.05) is 24.5 Å². The summed E-state index contributed by atoms with van der Waals surface area (Å²) in [5.74, 6) is 0. The lowest BCUT2D eigenvalue weighted by Gasteiger charge is -2.10. The van der Waals surface area contributed by atoms with Gasteiger partial charge in [0.2, 0.25) is 0 Å². The maximum absolute atomic E-state index is 5.22. The number of hydrogen-bond acceptors (Lipinski definition) is 2. The number of aromatic nitrogens is 2. The van der Waals surface area contributed by atoms with E-state index in [2.05, 4.69) is 22.5 Å². The van der Waals surface area contributed by atoms with Crippen molar-refractivity contribution in [3.63, 3.8) is 0 Å². The average molecular weight is 190 g/mol.